The predicted molar refractivity (Wildman–Crippen MR) is 64.1 cm³/mol. The van der Waals surface area contributed by atoms with Crippen LogP contribution in [0.4, 0.5) is 0 Å². The zero-order valence-corrected chi connectivity index (χ0v) is 9.64. The van der Waals surface area contributed by atoms with Crippen LogP contribution >= 0.6 is 0 Å². The fourth-order valence-corrected chi connectivity index (χ4v) is 3.04. The number of rotatable bonds is 2. The second-order valence-corrected chi connectivity index (χ2v) is 5.18. The van der Waals surface area contributed by atoms with Crippen LogP contribution in [-0.2, 0) is 11.3 Å². The fourth-order valence-electron chi connectivity index (χ4n) is 3.04. The van der Waals surface area contributed by atoms with Crippen LogP contribution in [-0.4, -0.2) is 31.2 Å². The quantitative estimate of drug-likeness (QED) is 0.752. The Kier molecular flexibility index (Phi) is 2.94. The van der Waals surface area contributed by atoms with Gasteiger partial charge in [0.05, 0.1) is 13.2 Å². The Morgan fingerprint density at radius 2 is 1.75 bits per heavy atom. The topological polar surface area (TPSA) is 12.5 Å². The van der Waals surface area contributed by atoms with Crippen molar-refractivity contribution in [2.75, 3.05) is 26.3 Å². The second-order valence-electron chi connectivity index (χ2n) is 5.18. The van der Waals surface area contributed by atoms with Crippen molar-refractivity contribution in [3.8, 4) is 0 Å². The van der Waals surface area contributed by atoms with Gasteiger partial charge >= 0.3 is 0 Å². The molecule has 16 heavy (non-hydrogen) atoms. The minimum absolute atomic E-state index is 0.774. The van der Waals surface area contributed by atoms with Crippen LogP contribution in [0, 0.1) is 11.8 Å². The molecule has 1 aromatic carbocycles. The Balaban J connectivity index is 1.63. The van der Waals surface area contributed by atoms with Gasteiger partial charge in [-0.2, -0.15) is 0 Å². The van der Waals surface area contributed by atoms with Crippen molar-refractivity contribution in [1.82, 2.24) is 4.90 Å². The highest BCUT2D eigenvalue weighted by Crippen LogP contribution is 2.27. The number of hydrogen-bond donors (Lipinski definition) is 0. The summed E-state index contributed by atoms with van der Waals surface area (Å²) in [4.78, 5) is 2.59. The summed E-state index contributed by atoms with van der Waals surface area (Å²) >= 11 is 0. The maximum atomic E-state index is 5.61. The van der Waals surface area contributed by atoms with Crippen molar-refractivity contribution in [3.63, 3.8) is 0 Å². The number of fused-ring (bicyclic) bond motifs is 2. The van der Waals surface area contributed by atoms with Gasteiger partial charge in [0.25, 0.3) is 0 Å². The molecule has 0 unspecified atom stereocenters. The lowest BCUT2D eigenvalue weighted by Crippen LogP contribution is -2.46. The summed E-state index contributed by atoms with van der Waals surface area (Å²) in [7, 11) is 0. The van der Waals surface area contributed by atoms with E-state index >= 15 is 0 Å². The number of hydrogen-bond acceptors (Lipinski definition) is 2. The molecule has 0 spiro atoms. The Bertz CT molecular complexity index is 326. The highest BCUT2D eigenvalue weighted by Gasteiger charge is 2.30. The van der Waals surface area contributed by atoms with Gasteiger partial charge in [0.1, 0.15) is 0 Å². The first kappa shape index (κ1) is 10.3. The lowest BCUT2D eigenvalue weighted by atomic mass is 9.88. The van der Waals surface area contributed by atoms with Gasteiger partial charge < -0.3 is 4.74 Å². The molecule has 0 amide bonds. The highest BCUT2D eigenvalue weighted by atomic mass is 16.5. The van der Waals surface area contributed by atoms with Gasteiger partial charge in [-0.1, -0.05) is 30.3 Å². The van der Waals surface area contributed by atoms with E-state index in [1.54, 1.807) is 0 Å². The molecule has 0 aromatic heterocycles. The van der Waals surface area contributed by atoms with Crippen molar-refractivity contribution in [1.29, 1.82) is 0 Å². The van der Waals surface area contributed by atoms with Crippen LogP contribution in [0.5, 0.6) is 0 Å². The fraction of sp³-hybridized carbons (Fsp3) is 0.571. The first-order valence-electron chi connectivity index (χ1n) is 6.24. The van der Waals surface area contributed by atoms with Crippen LogP contribution in [0.15, 0.2) is 30.3 Å². The molecule has 0 aliphatic carbocycles. The Morgan fingerprint density at radius 1 is 1.06 bits per heavy atom. The zero-order chi connectivity index (χ0) is 10.8. The van der Waals surface area contributed by atoms with Gasteiger partial charge in [-0.25, -0.2) is 0 Å². The van der Waals surface area contributed by atoms with Gasteiger partial charge in [0, 0.05) is 19.6 Å². The molecule has 2 nitrogen and oxygen atoms in total. The van der Waals surface area contributed by atoms with Gasteiger partial charge in [0.2, 0.25) is 0 Å². The molecule has 2 saturated heterocycles. The molecule has 2 aliphatic heterocycles. The van der Waals surface area contributed by atoms with Crippen molar-refractivity contribution in [2.24, 2.45) is 11.8 Å². The molecule has 2 atom stereocenters. The average Bonchev–Trinajstić information content (AvgIpc) is 2.30. The molecule has 2 fully saturated rings. The molecule has 1 aromatic rings. The molecule has 0 N–H and O–H groups in total. The third-order valence-electron chi connectivity index (χ3n) is 3.66. The molecule has 2 heteroatoms. The Morgan fingerprint density at radius 3 is 2.44 bits per heavy atom. The summed E-state index contributed by atoms with van der Waals surface area (Å²) < 4.78 is 5.61. The van der Waals surface area contributed by atoms with E-state index < -0.39 is 0 Å². The van der Waals surface area contributed by atoms with Gasteiger partial charge in [-0.3, -0.25) is 4.90 Å². The molecule has 86 valence electrons. The SMILES string of the molecule is c1ccc(CN2C[C@@H]3COC[C@@H](C3)C2)cc1. The lowest BCUT2D eigenvalue weighted by Gasteiger charge is -2.41. The lowest BCUT2D eigenvalue weighted by molar-refractivity contribution is -0.0425. The summed E-state index contributed by atoms with van der Waals surface area (Å²) in [6.45, 7) is 5.48. The summed E-state index contributed by atoms with van der Waals surface area (Å²) in [5, 5.41) is 0. The Labute approximate surface area is 97.2 Å². The molecule has 0 saturated carbocycles. The van der Waals surface area contributed by atoms with E-state index in [0.29, 0.717) is 0 Å². The van der Waals surface area contributed by atoms with Crippen LogP contribution in [0.25, 0.3) is 0 Å². The maximum Gasteiger partial charge on any atom is 0.0506 e. The van der Waals surface area contributed by atoms with Crippen molar-refractivity contribution in [2.45, 2.75) is 13.0 Å². The van der Waals surface area contributed by atoms with Crippen LogP contribution in [0.1, 0.15) is 12.0 Å². The molecule has 2 bridgehead atoms. The van der Waals surface area contributed by atoms with E-state index in [2.05, 4.69) is 35.2 Å². The summed E-state index contributed by atoms with van der Waals surface area (Å²) in [5.74, 6) is 1.55. The van der Waals surface area contributed by atoms with Crippen LogP contribution in [0.3, 0.4) is 0 Å². The second kappa shape index (κ2) is 4.56. The maximum absolute atomic E-state index is 5.61. The minimum atomic E-state index is 0.774. The van der Waals surface area contributed by atoms with Crippen LogP contribution in [0.2, 0.25) is 0 Å². The summed E-state index contributed by atoms with van der Waals surface area (Å²) in [6, 6.07) is 10.8. The highest BCUT2D eigenvalue weighted by molar-refractivity contribution is 5.14. The van der Waals surface area contributed by atoms with Crippen molar-refractivity contribution >= 4 is 0 Å². The molecule has 2 heterocycles. The predicted octanol–water partition coefficient (Wildman–Crippen LogP) is 2.15. The van der Waals surface area contributed by atoms with E-state index in [1.165, 1.54) is 25.1 Å². The Hall–Kier alpha value is -0.860. The third kappa shape index (κ3) is 2.28. The minimum Gasteiger partial charge on any atom is -0.381 e. The molecular weight excluding hydrogens is 198 g/mol. The monoisotopic (exact) mass is 217 g/mol. The summed E-state index contributed by atoms with van der Waals surface area (Å²) in [5.41, 5.74) is 1.43. The van der Waals surface area contributed by atoms with E-state index in [9.17, 15) is 0 Å². The van der Waals surface area contributed by atoms with E-state index in [1.807, 2.05) is 0 Å². The first-order valence-corrected chi connectivity index (χ1v) is 6.24. The van der Waals surface area contributed by atoms with E-state index in [0.717, 1.165) is 31.6 Å². The number of nitrogens with zero attached hydrogens (tertiary/aromatic N) is 1. The standard InChI is InChI=1S/C14H19NO/c1-2-4-12(5-3-1)7-15-8-13-6-14(9-15)11-16-10-13/h1-5,13-14H,6-11H2/t13-,14+. The number of benzene rings is 1. The number of ether oxygens (including phenoxy) is 1. The number of likely N-dealkylation sites (tertiary alicyclic amines) is 1. The molecular formula is C14H19NO. The van der Waals surface area contributed by atoms with E-state index in [4.69, 9.17) is 4.74 Å². The van der Waals surface area contributed by atoms with Crippen LogP contribution < -0.4 is 0 Å². The van der Waals surface area contributed by atoms with Crippen molar-refractivity contribution in [3.05, 3.63) is 35.9 Å². The summed E-state index contributed by atoms with van der Waals surface area (Å²) in [6.07, 6.45) is 1.38. The van der Waals surface area contributed by atoms with Gasteiger partial charge in [-0.15, -0.1) is 0 Å². The van der Waals surface area contributed by atoms with Gasteiger partial charge in [0.15, 0.2) is 0 Å². The van der Waals surface area contributed by atoms with Gasteiger partial charge in [-0.05, 0) is 23.8 Å². The number of piperidine rings is 1. The third-order valence-corrected chi connectivity index (χ3v) is 3.66. The van der Waals surface area contributed by atoms with Crippen molar-refractivity contribution < 1.29 is 4.74 Å². The van der Waals surface area contributed by atoms with E-state index in [-0.39, 0.29) is 0 Å². The molecule has 2 aliphatic rings. The first-order chi connectivity index (χ1) is 7.90. The average molecular weight is 217 g/mol. The smallest absolute Gasteiger partial charge is 0.0506 e. The molecule has 0 radical (unpaired) electrons. The molecule has 3 rings (SSSR count). The largest absolute Gasteiger partial charge is 0.381 e. The normalized spacial score (nSPS) is 30.2. The zero-order valence-electron chi connectivity index (χ0n) is 9.64.